The molecule has 0 bridgehead atoms. The Balaban J connectivity index is 1.76. The lowest BCUT2D eigenvalue weighted by atomic mass is 10.3. The van der Waals surface area contributed by atoms with Gasteiger partial charge in [0.1, 0.15) is 16.2 Å². The fourth-order valence-electron chi connectivity index (χ4n) is 2.10. The van der Waals surface area contributed by atoms with Crippen LogP contribution in [0.1, 0.15) is 18.7 Å². The van der Waals surface area contributed by atoms with E-state index >= 15 is 0 Å². The van der Waals surface area contributed by atoms with Gasteiger partial charge >= 0.3 is 0 Å². The number of amides is 1. The predicted octanol–water partition coefficient (Wildman–Crippen LogP) is 5.07. The average Bonchev–Trinajstić information content (AvgIpc) is 3.01. The maximum atomic E-state index is 12.4. The van der Waals surface area contributed by atoms with Crippen LogP contribution >= 0.6 is 46.3 Å². The second-order valence-corrected chi connectivity index (χ2v) is 8.49. The maximum Gasteiger partial charge on any atom is 0.238 e. The number of aromatic nitrogens is 3. The lowest BCUT2D eigenvalue weighted by molar-refractivity contribution is -0.115. The Morgan fingerprint density at radius 2 is 2.12 bits per heavy atom. The molecule has 0 saturated carbocycles. The fourth-order valence-corrected chi connectivity index (χ4v) is 4.42. The van der Waals surface area contributed by atoms with E-state index in [-0.39, 0.29) is 11.2 Å². The van der Waals surface area contributed by atoms with Crippen LogP contribution in [0.3, 0.4) is 0 Å². The Morgan fingerprint density at radius 1 is 1.32 bits per heavy atom. The van der Waals surface area contributed by atoms with E-state index in [2.05, 4.69) is 33.3 Å². The SMILES string of the molecule is CCc1cc2c(S[C@@H](C)C(=O)Nc3ncc(Cl)cc3Cl)ncnc2s1. The van der Waals surface area contributed by atoms with Crippen LogP contribution in [-0.2, 0) is 11.2 Å². The maximum absolute atomic E-state index is 12.4. The number of hydrogen-bond acceptors (Lipinski definition) is 6. The monoisotopic (exact) mass is 412 g/mol. The summed E-state index contributed by atoms with van der Waals surface area (Å²) in [5.41, 5.74) is 0. The van der Waals surface area contributed by atoms with E-state index in [1.165, 1.54) is 35.2 Å². The highest BCUT2D eigenvalue weighted by molar-refractivity contribution is 8.00. The Kier molecular flexibility index (Phi) is 5.78. The molecule has 1 amide bonds. The van der Waals surface area contributed by atoms with Crippen molar-refractivity contribution in [2.75, 3.05) is 5.32 Å². The van der Waals surface area contributed by atoms with Crippen molar-refractivity contribution in [1.82, 2.24) is 15.0 Å². The Morgan fingerprint density at radius 3 is 2.84 bits per heavy atom. The van der Waals surface area contributed by atoms with Crippen molar-refractivity contribution in [3.63, 3.8) is 0 Å². The third kappa shape index (κ3) is 4.23. The van der Waals surface area contributed by atoms with Gasteiger partial charge in [0.2, 0.25) is 5.91 Å². The molecule has 25 heavy (non-hydrogen) atoms. The minimum Gasteiger partial charge on any atom is -0.308 e. The van der Waals surface area contributed by atoms with Crippen LogP contribution in [0.15, 0.2) is 29.7 Å². The summed E-state index contributed by atoms with van der Waals surface area (Å²) < 4.78 is 0. The van der Waals surface area contributed by atoms with Crippen molar-refractivity contribution >= 4 is 68.2 Å². The first-order chi connectivity index (χ1) is 12.0. The van der Waals surface area contributed by atoms with Gasteiger partial charge in [-0.3, -0.25) is 4.79 Å². The van der Waals surface area contributed by atoms with E-state index in [9.17, 15) is 4.79 Å². The van der Waals surface area contributed by atoms with Crippen LogP contribution in [0.5, 0.6) is 0 Å². The van der Waals surface area contributed by atoms with E-state index in [1.807, 2.05) is 6.92 Å². The van der Waals surface area contributed by atoms with Crippen LogP contribution in [-0.4, -0.2) is 26.1 Å². The average molecular weight is 413 g/mol. The van der Waals surface area contributed by atoms with Gasteiger partial charge in [0.05, 0.1) is 15.3 Å². The summed E-state index contributed by atoms with van der Waals surface area (Å²) in [6.45, 7) is 3.91. The summed E-state index contributed by atoms with van der Waals surface area (Å²) in [5, 5.41) is 4.83. The summed E-state index contributed by atoms with van der Waals surface area (Å²) in [5.74, 6) is 0.0829. The molecule has 0 spiro atoms. The molecule has 1 atom stereocenters. The second kappa shape index (κ2) is 7.86. The summed E-state index contributed by atoms with van der Waals surface area (Å²) in [6, 6.07) is 3.62. The van der Waals surface area contributed by atoms with Crippen LogP contribution in [0, 0.1) is 0 Å². The number of nitrogens with zero attached hydrogens (tertiary/aromatic N) is 3. The molecule has 0 aromatic carbocycles. The molecule has 0 aliphatic heterocycles. The highest BCUT2D eigenvalue weighted by atomic mass is 35.5. The number of rotatable bonds is 5. The van der Waals surface area contributed by atoms with Crippen molar-refractivity contribution < 1.29 is 4.79 Å². The molecule has 3 heterocycles. The first-order valence-electron chi connectivity index (χ1n) is 7.50. The van der Waals surface area contributed by atoms with Crippen molar-refractivity contribution in [2.45, 2.75) is 30.5 Å². The summed E-state index contributed by atoms with van der Waals surface area (Å²) in [7, 11) is 0. The van der Waals surface area contributed by atoms with E-state index < -0.39 is 0 Å². The molecular formula is C16H14Cl2N4OS2. The van der Waals surface area contributed by atoms with Gasteiger partial charge in [-0.05, 0) is 25.5 Å². The number of hydrogen-bond donors (Lipinski definition) is 1. The number of thiophene rings is 1. The van der Waals surface area contributed by atoms with Crippen molar-refractivity contribution in [3.8, 4) is 0 Å². The number of halogens is 2. The van der Waals surface area contributed by atoms with Crippen molar-refractivity contribution in [3.05, 3.63) is 39.6 Å². The van der Waals surface area contributed by atoms with Crippen LogP contribution in [0.25, 0.3) is 10.2 Å². The molecule has 0 unspecified atom stereocenters. The summed E-state index contributed by atoms with van der Waals surface area (Å²) in [6.07, 6.45) is 3.91. The molecule has 130 valence electrons. The van der Waals surface area contributed by atoms with Crippen LogP contribution < -0.4 is 5.32 Å². The quantitative estimate of drug-likeness (QED) is 0.467. The largest absolute Gasteiger partial charge is 0.308 e. The van der Waals surface area contributed by atoms with Gasteiger partial charge in [-0.15, -0.1) is 11.3 Å². The van der Waals surface area contributed by atoms with E-state index in [0.29, 0.717) is 15.9 Å². The smallest absolute Gasteiger partial charge is 0.238 e. The molecular weight excluding hydrogens is 399 g/mol. The number of nitrogens with one attached hydrogen (secondary N) is 1. The molecule has 0 fully saturated rings. The van der Waals surface area contributed by atoms with Gasteiger partial charge in [0.15, 0.2) is 5.82 Å². The van der Waals surface area contributed by atoms with Gasteiger partial charge in [0, 0.05) is 16.5 Å². The minimum atomic E-state index is -0.378. The minimum absolute atomic E-state index is 0.209. The molecule has 0 aliphatic rings. The Labute approximate surface area is 163 Å². The Hall–Kier alpha value is -1.41. The standard InChI is InChI=1S/C16H14Cl2N4OS2/c1-3-10-5-11-15(20-7-21-16(11)25-10)24-8(2)14(23)22-13-12(18)4-9(17)6-19-13/h4-8H,3H2,1-2H3,(H,19,22,23)/t8-/m0/s1. The van der Waals surface area contributed by atoms with Gasteiger partial charge in [-0.25, -0.2) is 15.0 Å². The molecule has 3 rings (SSSR count). The Bertz CT molecular complexity index is 932. The van der Waals surface area contributed by atoms with Gasteiger partial charge in [0.25, 0.3) is 0 Å². The number of anilines is 1. The van der Waals surface area contributed by atoms with Gasteiger partial charge in [-0.2, -0.15) is 0 Å². The normalized spacial score (nSPS) is 12.3. The van der Waals surface area contributed by atoms with Crippen molar-refractivity contribution in [2.24, 2.45) is 0 Å². The van der Waals surface area contributed by atoms with E-state index in [4.69, 9.17) is 23.2 Å². The lowest BCUT2D eigenvalue weighted by Crippen LogP contribution is -2.23. The fraction of sp³-hybridized carbons (Fsp3) is 0.250. The first kappa shape index (κ1) is 18.4. The number of thioether (sulfide) groups is 1. The topological polar surface area (TPSA) is 67.8 Å². The summed E-state index contributed by atoms with van der Waals surface area (Å²) in [4.78, 5) is 27.3. The van der Waals surface area contributed by atoms with E-state index in [0.717, 1.165) is 21.7 Å². The zero-order valence-electron chi connectivity index (χ0n) is 13.4. The van der Waals surface area contributed by atoms with Crippen molar-refractivity contribution in [1.29, 1.82) is 0 Å². The third-order valence-corrected chi connectivity index (χ3v) is 6.20. The van der Waals surface area contributed by atoms with E-state index in [1.54, 1.807) is 11.3 Å². The number of carbonyl (C=O) groups is 1. The third-order valence-electron chi connectivity index (χ3n) is 3.40. The lowest BCUT2D eigenvalue weighted by Gasteiger charge is -2.12. The highest BCUT2D eigenvalue weighted by Crippen LogP contribution is 2.33. The number of aryl methyl sites for hydroxylation is 1. The van der Waals surface area contributed by atoms with Gasteiger partial charge in [-0.1, -0.05) is 41.9 Å². The molecule has 0 radical (unpaired) electrons. The van der Waals surface area contributed by atoms with Crippen LogP contribution in [0.4, 0.5) is 5.82 Å². The molecule has 5 nitrogen and oxygen atoms in total. The molecule has 0 saturated heterocycles. The van der Waals surface area contributed by atoms with Gasteiger partial charge < -0.3 is 5.32 Å². The molecule has 3 aromatic rings. The summed E-state index contributed by atoms with van der Waals surface area (Å²) >= 11 is 14.9. The first-order valence-corrected chi connectivity index (χ1v) is 9.95. The molecule has 9 heteroatoms. The highest BCUT2D eigenvalue weighted by Gasteiger charge is 2.19. The predicted molar refractivity (Wildman–Crippen MR) is 105 cm³/mol. The number of carbonyl (C=O) groups excluding carboxylic acids is 1. The zero-order chi connectivity index (χ0) is 18.0. The number of pyridine rings is 1. The molecule has 0 aliphatic carbocycles. The molecule has 3 aromatic heterocycles. The second-order valence-electron chi connectivity index (χ2n) is 5.20. The molecule has 1 N–H and O–H groups in total. The zero-order valence-corrected chi connectivity index (χ0v) is 16.6. The van der Waals surface area contributed by atoms with Crippen LogP contribution in [0.2, 0.25) is 10.0 Å². The number of fused-ring (bicyclic) bond motifs is 1.